The van der Waals surface area contributed by atoms with E-state index in [1.54, 1.807) is 30.3 Å². The van der Waals surface area contributed by atoms with Gasteiger partial charge in [0.25, 0.3) is 17.3 Å². The fraction of sp³-hybridized carbons (Fsp3) is 0. The van der Waals surface area contributed by atoms with E-state index in [4.69, 9.17) is 16.6 Å². The number of nitrogens with zero attached hydrogens (tertiary/aromatic N) is 3. The molecule has 31 heavy (non-hydrogen) atoms. The summed E-state index contributed by atoms with van der Waals surface area (Å²) < 4.78 is 6.05. The molecule has 0 saturated carbocycles. The minimum absolute atomic E-state index is 0.0227. The molecule has 1 amide bonds. The van der Waals surface area contributed by atoms with Crippen LogP contribution >= 0.6 is 24.0 Å². The lowest BCUT2D eigenvalue weighted by Crippen LogP contribution is -2.27. The highest BCUT2D eigenvalue weighted by atomic mass is 32.2. The predicted octanol–water partition coefficient (Wildman–Crippen LogP) is 5.17. The van der Waals surface area contributed by atoms with Gasteiger partial charge in [-0.25, -0.2) is 0 Å². The molecular formula is C20H11N3O6S2. The fourth-order valence-electron chi connectivity index (χ4n) is 2.88. The van der Waals surface area contributed by atoms with Gasteiger partial charge >= 0.3 is 0 Å². The Kier molecular flexibility index (Phi) is 5.36. The van der Waals surface area contributed by atoms with Crippen molar-refractivity contribution in [1.82, 2.24) is 0 Å². The standard InChI is InChI=1S/C20H11N3O6S2/c24-19-18(31-20(30)21(19)13-5-7-15(8-6-13)23(27)28)11-16-9-10-17(29-16)12-1-3-14(4-2-12)22(25)26/h1-11H/b18-11-. The summed E-state index contributed by atoms with van der Waals surface area (Å²) in [6.07, 6.45) is 1.56. The van der Waals surface area contributed by atoms with Crippen molar-refractivity contribution in [2.75, 3.05) is 4.90 Å². The van der Waals surface area contributed by atoms with Crippen molar-refractivity contribution in [1.29, 1.82) is 0 Å². The first-order chi connectivity index (χ1) is 14.8. The molecule has 2 aromatic carbocycles. The van der Waals surface area contributed by atoms with Crippen LogP contribution in [0, 0.1) is 20.2 Å². The van der Waals surface area contributed by atoms with Crippen molar-refractivity contribution in [3.05, 3.63) is 91.6 Å². The number of furan rings is 1. The van der Waals surface area contributed by atoms with Crippen molar-refractivity contribution < 1.29 is 19.1 Å². The second-order valence-electron chi connectivity index (χ2n) is 6.30. The Hall–Kier alpha value is -3.83. The smallest absolute Gasteiger partial charge is 0.270 e. The van der Waals surface area contributed by atoms with Gasteiger partial charge in [0.15, 0.2) is 4.32 Å². The van der Waals surface area contributed by atoms with Crippen LogP contribution in [0.1, 0.15) is 5.76 Å². The number of thioether (sulfide) groups is 1. The molecule has 0 radical (unpaired) electrons. The summed E-state index contributed by atoms with van der Waals surface area (Å²) in [5.41, 5.74) is 0.982. The fourth-order valence-corrected chi connectivity index (χ4v) is 4.15. The first-order valence-electron chi connectivity index (χ1n) is 8.70. The van der Waals surface area contributed by atoms with E-state index in [0.29, 0.717) is 32.0 Å². The minimum atomic E-state index is -0.520. The molecule has 1 aromatic heterocycles. The number of carbonyl (C=O) groups is 1. The molecule has 0 aliphatic carbocycles. The second-order valence-corrected chi connectivity index (χ2v) is 7.97. The van der Waals surface area contributed by atoms with E-state index < -0.39 is 9.85 Å². The van der Waals surface area contributed by atoms with Gasteiger partial charge < -0.3 is 4.42 Å². The Morgan fingerprint density at radius 3 is 2.06 bits per heavy atom. The van der Waals surface area contributed by atoms with Crippen molar-refractivity contribution in [2.45, 2.75) is 0 Å². The third-order valence-corrected chi connectivity index (χ3v) is 5.68. The quantitative estimate of drug-likeness (QED) is 0.225. The lowest BCUT2D eigenvalue weighted by atomic mass is 10.1. The summed E-state index contributed by atoms with van der Waals surface area (Å²) in [5, 5.41) is 21.6. The maximum absolute atomic E-state index is 12.8. The van der Waals surface area contributed by atoms with Crippen LogP contribution in [0.4, 0.5) is 17.1 Å². The van der Waals surface area contributed by atoms with Crippen LogP contribution in [-0.4, -0.2) is 20.1 Å². The van der Waals surface area contributed by atoms with Gasteiger partial charge in [0.1, 0.15) is 11.5 Å². The molecule has 11 heteroatoms. The zero-order valence-electron chi connectivity index (χ0n) is 15.5. The molecule has 9 nitrogen and oxygen atoms in total. The summed E-state index contributed by atoms with van der Waals surface area (Å²) >= 11 is 6.39. The zero-order valence-corrected chi connectivity index (χ0v) is 17.1. The number of amides is 1. The maximum atomic E-state index is 12.8. The highest BCUT2D eigenvalue weighted by Crippen LogP contribution is 2.37. The van der Waals surface area contributed by atoms with Crippen LogP contribution in [-0.2, 0) is 4.79 Å². The Bertz CT molecular complexity index is 1250. The molecule has 1 saturated heterocycles. The molecule has 0 bridgehead atoms. The molecule has 154 valence electrons. The first kappa shape index (κ1) is 20.4. The third kappa shape index (κ3) is 4.09. The number of hydrogen-bond donors (Lipinski definition) is 0. The average molecular weight is 453 g/mol. The van der Waals surface area contributed by atoms with Gasteiger partial charge in [-0.05, 0) is 36.4 Å². The van der Waals surface area contributed by atoms with E-state index >= 15 is 0 Å². The summed E-state index contributed by atoms with van der Waals surface area (Å²) in [6.45, 7) is 0. The van der Waals surface area contributed by atoms with E-state index in [9.17, 15) is 25.0 Å². The normalized spacial score (nSPS) is 15.0. The number of benzene rings is 2. The minimum Gasteiger partial charge on any atom is -0.457 e. The SMILES string of the molecule is O=C1/C(=C/c2ccc(-c3ccc([N+](=O)[O-])cc3)o2)SC(=S)N1c1ccc([N+](=O)[O-])cc1. The monoisotopic (exact) mass is 453 g/mol. The Morgan fingerprint density at radius 1 is 0.903 bits per heavy atom. The highest BCUT2D eigenvalue weighted by molar-refractivity contribution is 8.27. The van der Waals surface area contributed by atoms with E-state index in [-0.39, 0.29) is 17.3 Å². The van der Waals surface area contributed by atoms with Crippen molar-refractivity contribution in [3.63, 3.8) is 0 Å². The number of thiocarbonyl (C=S) groups is 1. The van der Waals surface area contributed by atoms with E-state index in [0.717, 1.165) is 11.8 Å². The molecule has 0 spiro atoms. The van der Waals surface area contributed by atoms with Crippen molar-refractivity contribution in [2.24, 2.45) is 0 Å². The molecule has 0 atom stereocenters. The van der Waals surface area contributed by atoms with E-state index in [1.807, 2.05) is 0 Å². The van der Waals surface area contributed by atoms with Crippen LogP contribution in [0.2, 0.25) is 0 Å². The summed E-state index contributed by atoms with van der Waals surface area (Å²) in [7, 11) is 0. The van der Waals surface area contributed by atoms with Crippen LogP contribution in [0.5, 0.6) is 0 Å². The molecule has 2 heterocycles. The zero-order chi connectivity index (χ0) is 22.1. The molecular weight excluding hydrogens is 442 g/mol. The highest BCUT2D eigenvalue weighted by Gasteiger charge is 2.33. The van der Waals surface area contributed by atoms with Gasteiger partial charge in [-0.1, -0.05) is 24.0 Å². The number of nitro groups is 2. The van der Waals surface area contributed by atoms with Gasteiger partial charge in [0.05, 0.1) is 20.4 Å². The number of hydrogen-bond acceptors (Lipinski definition) is 8. The average Bonchev–Trinajstić information content (AvgIpc) is 3.32. The second kappa shape index (κ2) is 8.13. The maximum Gasteiger partial charge on any atom is 0.270 e. The van der Waals surface area contributed by atoms with E-state index in [1.165, 1.54) is 41.3 Å². The van der Waals surface area contributed by atoms with E-state index in [2.05, 4.69) is 0 Å². The Balaban J connectivity index is 1.56. The molecule has 0 unspecified atom stereocenters. The number of anilines is 1. The molecule has 4 rings (SSSR count). The van der Waals surface area contributed by atoms with Crippen LogP contribution in [0.3, 0.4) is 0 Å². The van der Waals surface area contributed by atoms with Crippen molar-refractivity contribution >= 4 is 57.3 Å². The summed E-state index contributed by atoms with van der Waals surface area (Å²) in [4.78, 5) is 35.1. The Morgan fingerprint density at radius 2 is 1.48 bits per heavy atom. The lowest BCUT2D eigenvalue weighted by Gasteiger charge is -2.13. The molecule has 0 N–H and O–H groups in total. The summed E-state index contributed by atoms with van der Waals surface area (Å²) in [6, 6.07) is 14.8. The Labute approximate surface area is 184 Å². The van der Waals surface area contributed by atoms with Gasteiger partial charge in [-0.2, -0.15) is 0 Å². The number of carbonyl (C=O) groups excluding carboxylic acids is 1. The lowest BCUT2D eigenvalue weighted by molar-refractivity contribution is -0.385. The summed E-state index contributed by atoms with van der Waals surface area (Å²) in [5.74, 6) is 0.543. The molecule has 1 fully saturated rings. The number of non-ortho nitro benzene ring substituents is 2. The van der Waals surface area contributed by atoms with Gasteiger partial charge in [-0.3, -0.25) is 29.9 Å². The van der Waals surface area contributed by atoms with Gasteiger partial charge in [0.2, 0.25) is 0 Å². The predicted molar refractivity (Wildman–Crippen MR) is 120 cm³/mol. The van der Waals surface area contributed by atoms with Crippen molar-refractivity contribution in [3.8, 4) is 11.3 Å². The van der Waals surface area contributed by atoms with Crippen LogP contribution in [0.25, 0.3) is 17.4 Å². The largest absolute Gasteiger partial charge is 0.457 e. The van der Waals surface area contributed by atoms with Crippen LogP contribution < -0.4 is 4.90 Å². The van der Waals surface area contributed by atoms with Crippen LogP contribution in [0.15, 0.2) is 70.0 Å². The molecule has 1 aliphatic rings. The third-order valence-electron chi connectivity index (χ3n) is 4.38. The number of nitro benzene ring substituents is 2. The number of rotatable bonds is 5. The molecule has 1 aliphatic heterocycles. The first-order valence-corrected chi connectivity index (χ1v) is 9.93. The van der Waals surface area contributed by atoms with Gasteiger partial charge in [-0.15, -0.1) is 0 Å². The topological polar surface area (TPSA) is 120 Å². The van der Waals surface area contributed by atoms with Gasteiger partial charge in [0, 0.05) is 35.9 Å². The molecule has 3 aromatic rings.